The molecule has 2 heteroatoms. The number of nitrogens with zero attached hydrogens (tertiary/aromatic N) is 1. The summed E-state index contributed by atoms with van der Waals surface area (Å²) in [5, 5.41) is 0. The van der Waals surface area contributed by atoms with E-state index in [1.807, 2.05) is 49.4 Å². The summed E-state index contributed by atoms with van der Waals surface area (Å²) in [5.74, 6) is -0.173. The van der Waals surface area contributed by atoms with Gasteiger partial charge in [-0.2, -0.15) is 0 Å². The quantitative estimate of drug-likeness (QED) is 0.289. The Morgan fingerprint density at radius 3 is 2.36 bits per heavy atom. The van der Waals surface area contributed by atoms with E-state index in [0.717, 1.165) is 42.6 Å². The van der Waals surface area contributed by atoms with E-state index in [1.54, 1.807) is 6.07 Å². The van der Waals surface area contributed by atoms with E-state index in [9.17, 15) is 4.39 Å². The SMILES string of the molecule is C=CCN(C)CCCCCCCc1ccc(C(=C)c2ccc(C)cc2)c(F)c1. The minimum Gasteiger partial charge on any atom is -0.303 e. The Balaban J connectivity index is 1.75. The van der Waals surface area contributed by atoms with Crippen molar-refractivity contribution in [1.29, 1.82) is 0 Å². The van der Waals surface area contributed by atoms with Gasteiger partial charge in [0.05, 0.1) is 0 Å². The smallest absolute Gasteiger partial charge is 0.131 e. The molecule has 0 radical (unpaired) electrons. The van der Waals surface area contributed by atoms with Crippen LogP contribution in [0.5, 0.6) is 0 Å². The molecule has 0 saturated carbocycles. The zero-order chi connectivity index (χ0) is 20.4. The van der Waals surface area contributed by atoms with Gasteiger partial charge in [-0.15, -0.1) is 6.58 Å². The van der Waals surface area contributed by atoms with E-state index < -0.39 is 0 Å². The number of benzene rings is 2. The van der Waals surface area contributed by atoms with Crippen LogP contribution in [0.2, 0.25) is 0 Å². The Labute approximate surface area is 170 Å². The average Bonchev–Trinajstić information content (AvgIpc) is 2.67. The summed E-state index contributed by atoms with van der Waals surface area (Å²) in [6.45, 7) is 12.0. The van der Waals surface area contributed by atoms with Crippen molar-refractivity contribution in [2.45, 2.75) is 45.4 Å². The van der Waals surface area contributed by atoms with Crippen molar-refractivity contribution < 1.29 is 4.39 Å². The zero-order valence-electron chi connectivity index (χ0n) is 17.5. The fourth-order valence-electron chi connectivity index (χ4n) is 3.42. The summed E-state index contributed by atoms with van der Waals surface area (Å²) < 4.78 is 14.6. The van der Waals surface area contributed by atoms with E-state index >= 15 is 0 Å². The maximum Gasteiger partial charge on any atom is 0.131 e. The molecule has 0 saturated heterocycles. The van der Waals surface area contributed by atoms with Crippen LogP contribution < -0.4 is 0 Å². The Bertz CT molecular complexity index is 761. The second-order valence-electron chi connectivity index (χ2n) is 7.73. The second kappa shape index (κ2) is 11.6. The zero-order valence-corrected chi connectivity index (χ0v) is 17.5. The minimum absolute atomic E-state index is 0.173. The Morgan fingerprint density at radius 2 is 1.68 bits per heavy atom. The lowest BCUT2D eigenvalue weighted by atomic mass is 9.96. The number of aryl methyl sites for hydroxylation is 2. The van der Waals surface area contributed by atoms with Crippen molar-refractivity contribution in [3.63, 3.8) is 0 Å². The van der Waals surface area contributed by atoms with Gasteiger partial charge in [0, 0.05) is 12.1 Å². The molecule has 0 atom stereocenters. The van der Waals surface area contributed by atoms with Gasteiger partial charge in [-0.25, -0.2) is 4.39 Å². The van der Waals surface area contributed by atoms with Gasteiger partial charge in [-0.1, -0.05) is 73.9 Å². The number of halogens is 1. The summed E-state index contributed by atoms with van der Waals surface area (Å²) in [6, 6.07) is 13.7. The number of likely N-dealkylation sites (N-methyl/N-ethyl adjacent to an activating group) is 1. The summed E-state index contributed by atoms with van der Waals surface area (Å²) in [7, 11) is 2.13. The van der Waals surface area contributed by atoms with Crippen molar-refractivity contribution in [1.82, 2.24) is 4.90 Å². The first-order valence-corrected chi connectivity index (χ1v) is 10.4. The highest BCUT2D eigenvalue weighted by atomic mass is 19.1. The number of hydrogen-bond donors (Lipinski definition) is 0. The number of rotatable bonds is 12. The van der Waals surface area contributed by atoms with Gasteiger partial charge in [-0.3, -0.25) is 0 Å². The fourth-order valence-corrected chi connectivity index (χ4v) is 3.42. The molecule has 0 aromatic heterocycles. The normalized spacial score (nSPS) is 11.0. The molecule has 2 aromatic carbocycles. The van der Waals surface area contributed by atoms with Crippen LogP contribution in [0.3, 0.4) is 0 Å². The van der Waals surface area contributed by atoms with Crippen LogP contribution in [0.4, 0.5) is 4.39 Å². The molecule has 0 aliphatic rings. The van der Waals surface area contributed by atoms with Crippen molar-refractivity contribution >= 4 is 5.57 Å². The molecule has 2 aromatic rings. The molecule has 0 bridgehead atoms. The second-order valence-corrected chi connectivity index (χ2v) is 7.73. The third-order valence-corrected chi connectivity index (χ3v) is 5.20. The summed E-state index contributed by atoms with van der Waals surface area (Å²) in [4.78, 5) is 2.29. The van der Waals surface area contributed by atoms with Crippen LogP contribution in [0.1, 0.15) is 54.4 Å². The molecule has 0 fully saturated rings. The summed E-state index contributed by atoms with van der Waals surface area (Å²) in [6.07, 6.45) is 8.92. The molecule has 28 heavy (non-hydrogen) atoms. The topological polar surface area (TPSA) is 3.24 Å². The highest BCUT2D eigenvalue weighted by Gasteiger charge is 2.09. The first-order valence-electron chi connectivity index (χ1n) is 10.4. The predicted octanol–water partition coefficient (Wildman–Crippen LogP) is 6.81. The van der Waals surface area contributed by atoms with E-state index in [0.29, 0.717) is 5.56 Å². The lowest BCUT2D eigenvalue weighted by molar-refractivity contribution is 0.356. The lowest BCUT2D eigenvalue weighted by Gasteiger charge is -2.13. The van der Waals surface area contributed by atoms with Crippen LogP contribution in [-0.2, 0) is 6.42 Å². The third-order valence-electron chi connectivity index (χ3n) is 5.20. The van der Waals surface area contributed by atoms with Crippen LogP contribution in [0.15, 0.2) is 61.7 Å². The molecular formula is C26H34FN. The van der Waals surface area contributed by atoms with Crippen molar-refractivity contribution in [2.24, 2.45) is 0 Å². The van der Waals surface area contributed by atoms with Gasteiger partial charge in [0.2, 0.25) is 0 Å². The molecule has 150 valence electrons. The largest absolute Gasteiger partial charge is 0.303 e. The molecule has 0 amide bonds. The van der Waals surface area contributed by atoms with Gasteiger partial charge in [0.1, 0.15) is 5.82 Å². The van der Waals surface area contributed by atoms with Crippen LogP contribution in [0.25, 0.3) is 5.57 Å². The van der Waals surface area contributed by atoms with E-state index in [1.165, 1.54) is 31.2 Å². The molecule has 0 spiro atoms. The summed E-state index contributed by atoms with van der Waals surface area (Å²) in [5.41, 5.74) is 4.57. The molecule has 0 unspecified atom stereocenters. The molecule has 0 aliphatic heterocycles. The van der Waals surface area contributed by atoms with Crippen LogP contribution >= 0.6 is 0 Å². The van der Waals surface area contributed by atoms with E-state index in [4.69, 9.17) is 0 Å². The van der Waals surface area contributed by atoms with Gasteiger partial charge in [0.25, 0.3) is 0 Å². The standard InChI is InChI=1S/C26H34FN/c1-5-18-28(4)19-10-8-6-7-9-11-23-14-17-25(26(27)20-23)22(3)24-15-12-21(2)13-16-24/h5,12-17,20H,1,3,6-11,18-19H2,2,4H3. The van der Waals surface area contributed by atoms with Gasteiger partial charge < -0.3 is 4.90 Å². The lowest BCUT2D eigenvalue weighted by Crippen LogP contribution is -2.19. The Hall–Kier alpha value is -2.19. The van der Waals surface area contributed by atoms with Crippen molar-refractivity contribution in [3.8, 4) is 0 Å². The van der Waals surface area contributed by atoms with Gasteiger partial charge in [0.15, 0.2) is 0 Å². The van der Waals surface area contributed by atoms with Crippen molar-refractivity contribution in [2.75, 3.05) is 20.1 Å². The Morgan fingerprint density at radius 1 is 1.00 bits per heavy atom. The van der Waals surface area contributed by atoms with Gasteiger partial charge in [-0.05, 0) is 62.5 Å². The molecule has 0 aliphatic carbocycles. The van der Waals surface area contributed by atoms with E-state index in [2.05, 4.69) is 25.1 Å². The van der Waals surface area contributed by atoms with Crippen LogP contribution in [0, 0.1) is 12.7 Å². The van der Waals surface area contributed by atoms with Crippen LogP contribution in [-0.4, -0.2) is 25.0 Å². The Kier molecular flexibility index (Phi) is 9.16. The fraction of sp³-hybridized carbons (Fsp3) is 0.385. The minimum atomic E-state index is -0.173. The monoisotopic (exact) mass is 379 g/mol. The first-order chi connectivity index (χ1) is 13.5. The molecule has 0 N–H and O–H groups in total. The van der Waals surface area contributed by atoms with Crippen molar-refractivity contribution in [3.05, 3.63) is 89.8 Å². The highest BCUT2D eigenvalue weighted by molar-refractivity contribution is 5.78. The van der Waals surface area contributed by atoms with Gasteiger partial charge >= 0.3 is 0 Å². The molecular weight excluding hydrogens is 345 g/mol. The maximum absolute atomic E-state index is 14.6. The maximum atomic E-state index is 14.6. The highest BCUT2D eigenvalue weighted by Crippen LogP contribution is 2.25. The molecule has 0 heterocycles. The molecule has 2 rings (SSSR count). The average molecular weight is 380 g/mol. The molecule has 1 nitrogen and oxygen atoms in total. The summed E-state index contributed by atoms with van der Waals surface area (Å²) >= 11 is 0. The first kappa shape index (κ1) is 22.1. The number of hydrogen-bond acceptors (Lipinski definition) is 1. The number of unbranched alkanes of at least 4 members (excludes halogenated alkanes) is 4. The van der Waals surface area contributed by atoms with E-state index in [-0.39, 0.29) is 5.82 Å². The third kappa shape index (κ3) is 7.09. The predicted molar refractivity (Wildman–Crippen MR) is 120 cm³/mol.